The van der Waals surface area contributed by atoms with Crippen molar-refractivity contribution in [3.8, 4) is 0 Å². The molecule has 0 aliphatic heterocycles. The van der Waals surface area contributed by atoms with E-state index in [-0.39, 0.29) is 20.3 Å². The quantitative estimate of drug-likeness (QED) is 0.316. The molecule has 0 aliphatic carbocycles. The van der Waals surface area contributed by atoms with E-state index in [0.717, 1.165) is 25.9 Å². The Bertz CT molecular complexity index is 40.7. The van der Waals surface area contributed by atoms with Crippen LogP contribution in [0.2, 0.25) is 0 Å². The van der Waals surface area contributed by atoms with Crippen LogP contribution in [0.1, 0.15) is 27.1 Å². The minimum Gasteiger partial charge on any atom is -1.00 e. The molecular formula is C6H17LiN2. The number of hydrogen-bond donors (Lipinski definition) is 2. The molecule has 3 heteroatoms. The van der Waals surface area contributed by atoms with Gasteiger partial charge in [0.05, 0.1) is 0 Å². The van der Waals surface area contributed by atoms with E-state index < -0.39 is 0 Å². The molecule has 4 N–H and O–H groups in total. The Labute approximate surface area is 71.0 Å². The van der Waals surface area contributed by atoms with Crippen molar-refractivity contribution in [2.75, 3.05) is 13.1 Å². The van der Waals surface area contributed by atoms with E-state index in [1.54, 1.807) is 0 Å². The van der Waals surface area contributed by atoms with Crippen LogP contribution in [0.15, 0.2) is 0 Å². The monoisotopic (exact) mass is 124 g/mol. The van der Waals surface area contributed by atoms with E-state index in [0.29, 0.717) is 0 Å². The molecule has 0 aliphatic rings. The van der Waals surface area contributed by atoms with Gasteiger partial charge in [0.1, 0.15) is 0 Å². The molecule has 2 nitrogen and oxygen atoms in total. The summed E-state index contributed by atoms with van der Waals surface area (Å²) in [6, 6.07) is 0. The zero-order valence-electron chi connectivity index (χ0n) is 7.40. The fourth-order valence-electron chi connectivity index (χ4n) is 0.642. The van der Waals surface area contributed by atoms with Gasteiger partial charge in [-0.2, -0.15) is 0 Å². The molecule has 0 aromatic carbocycles. The molecule has 0 saturated heterocycles. The maximum Gasteiger partial charge on any atom is 1.00 e. The average molecular weight is 124 g/mol. The normalized spacial score (nSPS) is 8.67. The number of unbranched alkanes of at least 4 members (excludes halogenated alkanes) is 3. The summed E-state index contributed by atoms with van der Waals surface area (Å²) in [6.07, 6.45) is 4.79. The van der Waals surface area contributed by atoms with Gasteiger partial charge >= 0.3 is 18.9 Å². The van der Waals surface area contributed by atoms with Crippen molar-refractivity contribution in [3.63, 3.8) is 0 Å². The van der Waals surface area contributed by atoms with Crippen molar-refractivity contribution < 1.29 is 20.3 Å². The van der Waals surface area contributed by atoms with Crippen molar-refractivity contribution >= 4 is 0 Å². The van der Waals surface area contributed by atoms with Gasteiger partial charge in [-0.25, -0.2) is 0 Å². The fourth-order valence-corrected chi connectivity index (χ4v) is 0.642. The third kappa shape index (κ3) is 11.9. The van der Waals surface area contributed by atoms with Gasteiger partial charge in [0.2, 0.25) is 0 Å². The fraction of sp³-hybridized carbons (Fsp3) is 1.00. The molecular weight excluding hydrogens is 107 g/mol. The zero-order chi connectivity index (χ0) is 6.24. The first kappa shape index (κ1) is 12.2. The van der Waals surface area contributed by atoms with Gasteiger partial charge in [-0.15, -0.1) is 0 Å². The third-order valence-electron chi connectivity index (χ3n) is 1.16. The summed E-state index contributed by atoms with van der Waals surface area (Å²) in [5, 5.41) is 0. The molecule has 0 aromatic heterocycles. The maximum absolute atomic E-state index is 5.28. The first-order valence-corrected chi connectivity index (χ1v) is 3.32. The SMILES string of the molecule is NCCCCCCN.[H-].[Li+]. The third-order valence-corrected chi connectivity index (χ3v) is 1.16. The number of nitrogens with two attached hydrogens (primary N) is 2. The summed E-state index contributed by atoms with van der Waals surface area (Å²) < 4.78 is 0. The minimum absolute atomic E-state index is 0. The molecule has 0 spiro atoms. The molecule has 0 unspecified atom stereocenters. The minimum atomic E-state index is 0. The summed E-state index contributed by atoms with van der Waals surface area (Å²) in [7, 11) is 0. The molecule has 9 heavy (non-hydrogen) atoms. The van der Waals surface area contributed by atoms with Crippen LogP contribution in [0.25, 0.3) is 0 Å². The Balaban J connectivity index is -0.000000245. The van der Waals surface area contributed by atoms with Gasteiger partial charge in [-0.1, -0.05) is 12.8 Å². The second-order valence-corrected chi connectivity index (χ2v) is 1.99. The molecule has 0 amide bonds. The second-order valence-electron chi connectivity index (χ2n) is 1.99. The van der Waals surface area contributed by atoms with Crippen LogP contribution in [0.4, 0.5) is 0 Å². The molecule has 52 valence electrons. The first-order valence-electron chi connectivity index (χ1n) is 3.32. The van der Waals surface area contributed by atoms with Crippen LogP contribution in [0.5, 0.6) is 0 Å². The van der Waals surface area contributed by atoms with Gasteiger partial charge in [0.25, 0.3) is 0 Å². The molecule has 0 atom stereocenters. The van der Waals surface area contributed by atoms with Crippen LogP contribution in [-0.2, 0) is 0 Å². The Morgan fingerprint density at radius 2 is 1.11 bits per heavy atom. The zero-order valence-corrected chi connectivity index (χ0v) is 6.40. The van der Waals surface area contributed by atoms with Crippen LogP contribution in [0, 0.1) is 0 Å². The molecule has 0 heterocycles. The van der Waals surface area contributed by atoms with Gasteiger partial charge in [-0.3, -0.25) is 0 Å². The predicted molar refractivity (Wildman–Crippen MR) is 37.7 cm³/mol. The van der Waals surface area contributed by atoms with Crippen LogP contribution < -0.4 is 30.3 Å². The Morgan fingerprint density at radius 3 is 1.33 bits per heavy atom. The van der Waals surface area contributed by atoms with E-state index >= 15 is 0 Å². The average Bonchev–Trinajstić information content (AvgIpc) is 1.81. The van der Waals surface area contributed by atoms with Crippen molar-refractivity contribution in [1.82, 2.24) is 0 Å². The standard InChI is InChI=1S/C6H16N2.Li.H/c7-5-3-1-2-4-6-8;;/h1-8H2;;/q;+1;-1. The number of hydrogen-bond acceptors (Lipinski definition) is 2. The van der Waals surface area contributed by atoms with E-state index in [2.05, 4.69) is 0 Å². The summed E-state index contributed by atoms with van der Waals surface area (Å²) in [5.41, 5.74) is 10.6. The number of rotatable bonds is 5. The second kappa shape index (κ2) is 11.3. The Hall–Kier alpha value is 0.517. The van der Waals surface area contributed by atoms with Crippen LogP contribution >= 0.6 is 0 Å². The van der Waals surface area contributed by atoms with Crippen molar-refractivity contribution in [2.45, 2.75) is 25.7 Å². The summed E-state index contributed by atoms with van der Waals surface area (Å²) in [4.78, 5) is 0. The largest absolute Gasteiger partial charge is 1.00 e. The first-order chi connectivity index (χ1) is 3.91. The van der Waals surface area contributed by atoms with E-state index in [1.807, 2.05) is 0 Å². The van der Waals surface area contributed by atoms with E-state index in [1.165, 1.54) is 12.8 Å². The van der Waals surface area contributed by atoms with Gasteiger partial charge in [0.15, 0.2) is 0 Å². The topological polar surface area (TPSA) is 52.0 Å². The molecule has 0 saturated carbocycles. The Kier molecular flexibility index (Phi) is 15.4. The molecule has 0 bridgehead atoms. The van der Waals surface area contributed by atoms with Crippen molar-refractivity contribution in [2.24, 2.45) is 11.5 Å². The summed E-state index contributed by atoms with van der Waals surface area (Å²) in [5.74, 6) is 0. The predicted octanol–water partition coefficient (Wildman–Crippen LogP) is -2.42. The van der Waals surface area contributed by atoms with Gasteiger partial charge < -0.3 is 12.9 Å². The van der Waals surface area contributed by atoms with Crippen LogP contribution in [0.3, 0.4) is 0 Å². The molecule has 0 rings (SSSR count). The molecule has 0 radical (unpaired) electrons. The van der Waals surface area contributed by atoms with Gasteiger partial charge in [-0.05, 0) is 25.9 Å². The molecule has 0 aromatic rings. The van der Waals surface area contributed by atoms with E-state index in [9.17, 15) is 0 Å². The molecule has 0 fully saturated rings. The Morgan fingerprint density at radius 1 is 0.778 bits per heavy atom. The van der Waals surface area contributed by atoms with Gasteiger partial charge in [0, 0.05) is 0 Å². The maximum atomic E-state index is 5.28. The van der Waals surface area contributed by atoms with Crippen molar-refractivity contribution in [3.05, 3.63) is 0 Å². The smallest absolute Gasteiger partial charge is 1.00 e. The van der Waals surface area contributed by atoms with Crippen molar-refractivity contribution in [1.29, 1.82) is 0 Å². The summed E-state index contributed by atoms with van der Waals surface area (Å²) in [6.45, 7) is 1.65. The summed E-state index contributed by atoms with van der Waals surface area (Å²) >= 11 is 0. The van der Waals surface area contributed by atoms with E-state index in [4.69, 9.17) is 11.5 Å². The van der Waals surface area contributed by atoms with Crippen LogP contribution in [-0.4, -0.2) is 13.1 Å².